The van der Waals surface area contributed by atoms with E-state index >= 15 is 4.39 Å². The second kappa shape index (κ2) is 6.56. The number of hydrogen-bond acceptors (Lipinski definition) is 5. The number of hydrogen-bond donors (Lipinski definition) is 2. The fourth-order valence-corrected chi connectivity index (χ4v) is 3.95. The van der Waals surface area contributed by atoms with Crippen molar-refractivity contribution in [2.45, 2.75) is 50.5 Å². The first-order chi connectivity index (χ1) is 12.9. The zero-order chi connectivity index (χ0) is 19.3. The second-order valence-corrected chi connectivity index (χ2v) is 7.01. The molecule has 27 heavy (non-hydrogen) atoms. The average Bonchev–Trinajstić information content (AvgIpc) is 2.64. The number of rotatable bonds is 3. The fourth-order valence-electron chi connectivity index (χ4n) is 3.95. The number of nitrogens with zero attached hydrogens (tertiary/aromatic N) is 2. The summed E-state index contributed by atoms with van der Waals surface area (Å²) in [6.07, 6.45) is 2.50. The van der Waals surface area contributed by atoms with Gasteiger partial charge in [-0.2, -0.15) is 0 Å². The van der Waals surface area contributed by atoms with E-state index in [2.05, 4.69) is 10.3 Å². The van der Waals surface area contributed by atoms with E-state index in [0.717, 1.165) is 16.9 Å². The molecule has 4 unspecified atom stereocenters. The minimum atomic E-state index is -1.63. The summed E-state index contributed by atoms with van der Waals surface area (Å²) in [6.45, 7) is 1.23. The fraction of sp³-hybridized carbons (Fsp3) is 0.500. The number of allylic oxidation sites excluding steroid dienone is 1. The SMILES string of the molecule is CC1CCC2=CC(F)C3=C(OC=C4C(CCF)N=C(C(=O)O)C(=O)N43)C2N1. The van der Waals surface area contributed by atoms with E-state index in [1.54, 1.807) is 0 Å². The van der Waals surface area contributed by atoms with E-state index in [1.165, 1.54) is 12.3 Å². The van der Waals surface area contributed by atoms with Gasteiger partial charge in [0.05, 0.1) is 24.5 Å². The van der Waals surface area contributed by atoms with Crippen molar-refractivity contribution in [3.63, 3.8) is 0 Å². The van der Waals surface area contributed by atoms with Crippen molar-refractivity contribution in [3.05, 3.63) is 35.1 Å². The average molecular weight is 379 g/mol. The normalized spacial score (nSPS) is 32.5. The Labute approximate surface area is 154 Å². The van der Waals surface area contributed by atoms with Crippen molar-refractivity contribution in [2.24, 2.45) is 4.99 Å². The summed E-state index contributed by atoms with van der Waals surface area (Å²) >= 11 is 0. The molecule has 4 rings (SSSR count). The molecule has 144 valence electrons. The summed E-state index contributed by atoms with van der Waals surface area (Å²) in [5.74, 6) is -2.22. The van der Waals surface area contributed by atoms with Gasteiger partial charge in [0.1, 0.15) is 17.7 Å². The standard InChI is InChI=1S/C18H19F2N3O4/c1-8-2-3-9-6-10(20)15-16(13(9)21-8)27-7-12-11(4-5-19)22-14(18(25)26)17(24)23(12)15/h6-8,10-11,13,21H,2-5H2,1H3,(H,25,26). The van der Waals surface area contributed by atoms with E-state index < -0.39 is 36.5 Å². The molecule has 0 aromatic carbocycles. The Morgan fingerprint density at radius 1 is 1.52 bits per heavy atom. The van der Waals surface area contributed by atoms with Gasteiger partial charge in [-0.25, -0.2) is 9.18 Å². The van der Waals surface area contributed by atoms with Crippen LogP contribution >= 0.6 is 0 Å². The number of fused-ring (bicyclic) bond motifs is 4. The largest absolute Gasteiger partial charge is 0.476 e. The van der Waals surface area contributed by atoms with Crippen LogP contribution in [0.4, 0.5) is 8.78 Å². The summed E-state index contributed by atoms with van der Waals surface area (Å²) in [5, 5.41) is 12.6. The highest BCUT2D eigenvalue weighted by atomic mass is 19.1. The lowest BCUT2D eigenvalue weighted by Gasteiger charge is -2.43. The Morgan fingerprint density at radius 3 is 3.00 bits per heavy atom. The summed E-state index contributed by atoms with van der Waals surface area (Å²) in [4.78, 5) is 29.1. The predicted molar refractivity (Wildman–Crippen MR) is 91.1 cm³/mol. The second-order valence-electron chi connectivity index (χ2n) is 7.01. The molecule has 3 heterocycles. The van der Waals surface area contributed by atoms with Crippen molar-refractivity contribution in [1.29, 1.82) is 0 Å². The van der Waals surface area contributed by atoms with Crippen LogP contribution in [0, 0.1) is 0 Å². The number of nitrogens with one attached hydrogen (secondary N) is 1. The number of amides is 1. The highest BCUT2D eigenvalue weighted by Gasteiger charge is 2.47. The quantitative estimate of drug-likeness (QED) is 0.727. The van der Waals surface area contributed by atoms with Gasteiger partial charge in [-0.1, -0.05) is 0 Å². The highest BCUT2D eigenvalue weighted by Crippen LogP contribution is 2.41. The van der Waals surface area contributed by atoms with Gasteiger partial charge in [-0.3, -0.25) is 19.1 Å². The third-order valence-electron chi connectivity index (χ3n) is 5.25. The number of piperidine rings is 1. The Kier molecular flexibility index (Phi) is 4.33. The topological polar surface area (TPSA) is 91.2 Å². The van der Waals surface area contributed by atoms with Gasteiger partial charge in [0.2, 0.25) is 5.71 Å². The van der Waals surface area contributed by atoms with E-state index in [-0.39, 0.29) is 35.7 Å². The number of carboxylic acid groups (broad SMARTS) is 1. The number of aliphatic imine (C=N–C) groups is 1. The molecular formula is C18H19F2N3O4. The smallest absolute Gasteiger partial charge is 0.359 e. The zero-order valence-corrected chi connectivity index (χ0v) is 14.6. The van der Waals surface area contributed by atoms with Crippen LogP contribution in [0.3, 0.4) is 0 Å². The van der Waals surface area contributed by atoms with Crippen molar-refractivity contribution in [3.8, 4) is 0 Å². The first-order valence-electron chi connectivity index (χ1n) is 8.85. The molecule has 0 spiro atoms. The highest BCUT2D eigenvalue weighted by molar-refractivity contribution is 6.64. The third-order valence-corrected chi connectivity index (χ3v) is 5.25. The van der Waals surface area contributed by atoms with Crippen LogP contribution in [0.15, 0.2) is 40.1 Å². The number of alkyl halides is 2. The lowest BCUT2D eigenvalue weighted by Crippen LogP contribution is -2.53. The monoisotopic (exact) mass is 379 g/mol. The number of halogens is 2. The Morgan fingerprint density at radius 2 is 2.30 bits per heavy atom. The molecule has 1 saturated heterocycles. The molecule has 4 aliphatic rings. The summed E-state index contributed by atoms with van der Waals surface area (Å²) in [5.41, 5.74) is 0.217. The first-order valence-corrected chi connectivity index (χ1v) is 8.85. The predicted octanol–water partition coefficient (Wildman–Crippen LogP) is 1.58. The van der Waals surface area contributed by atoms with Crippen LogP contribution in [-0.2, 0) is 14.3 Å². The maximum atomic E-state index is 15.0. The molecule has 7 nitrogen and oxygen atoms in total. The number of aliphatic carboxylic acids is 1. The van der Waals surface area contributed by atoms with E-state index in [9.17, 15) is 19.1 Å². The molecule has 4 atom stereocenters. The van der Waals surface area contributed by atoms with Crippen LogP contribution in [-0.4, -0.2) is 58.6 Å². The third kappa shape index (κ3) is 2.77. The first kappa shape index (κ1) is 17.8. The molecule has 3 aliphatic heterocycles. The van der Waals surface area contributed by atoms with E-state index in [0.29, 0.717) is 6.42 Å². The summed E-state index contributed by atoms with van der Waals surface area (Å²) in [6, 6.07) is -1.13. The molecule has 2 N–H and O–H groups in total. The number of carbonyl (C=O) groups excluding carboxylic acids is 1. The van der Waals surface area contributed by atoms with Gasteiger partial charge >= 0.3 is 5.97 Å². The van der Waals surface area contributed by atoms with Gasteiger partial charge in [0, 0.05) is 12.5 Å². The molecular weight excluding hydrogens is 360 g/mol. The lowest BCUT2D eigenvalue weighted by molar-refractivity contribution is -0.132. The molecule has 1 fully saturated rings. The molecule has 0 radical (unpaired) electrons. The maximum absolute atomic E-state index is 15.0. The van der Waals surface area contributed by atoms with Crippen molar-refractivity contribution in [1.82, 2.24) is 10.2 Å². The molecule has 1 aliphatic carbocycles. The molecule has 1 amide bonds. The minimum Gasteiger partial charge on any atom is -0.476 e. The van der Waals surface area contributed by atoms with E-state index in [4.69, 9.17) is 4.74 Å². The summed E-state index contributed by atoms with van der Waals surface area (Å²) in [7, 11) is 0. The Balaban J connectivity index is 1.79. The lowest BCUT2D eigenvalue weighted by atomic mass is 9.85. The Hall–Kier alpha value is -2.55. The van der Waals surface area contributed by atoms with Crippen LogP contribution in [0.1, 0.15) is 26.2 Å². The van der Waals surface area contributed by atoms with Gasteiger partial charge in [0.25, 0.3) is 5.91 Å². The van der Waals surface area contributed by atoms with Crippen LogP contribution in [0.5, 0.6) is 0 Å². The van der Waals surface area contributed by atoms with Gasteiger partial charge in [0.15, 0.2) is 6.17 Å². The summed E-state index contributed by atoms with van der Waals surface area (Å²) < 4.78 is 33.7. The van der Waals surface area contributed by atoms with Gasteiger partial charge < -0.3 is 15.2 Å². The van der Waals surface area contributed by atoms with Crippen molar-refractivity contribution >= 4 is 17.6 Å². The molecule has 0 bridgehead atoms. The molecule has 0 saturated carbocycles. The van der Waals surface area contributed by atoms with Crippen LogP contribution in [0.2, 0.25) is 0 Å². The number of carboxylic acids is 1. The van der Waals surface area contributed by atoms with Gasteiger partial charge in [-0.15, -0.1) is 0 Å². The molecule has 9 heteroatoms. The number of ether oxygens (including phenoxy) is 1. The van der Waals surface area contributed by atoms with Crippen molar-refractivity contribution < 1.29 is 28.2 Å². The van der Waals surface area contributed by atoms with Crippen molar-refractivity contribution in [2.75, 3.05) is 6.67 Å². The Bertz CT molecular complexity index is 832. The molecule has 0 aromatic heterocycles. The van der Waals surface area contributed by atoms with Crippen LogP contribution in [0.25, 0.3) is 0 Å². The number of carbonyl (C=O) groups is 2. The maximum Gasteiger partial charge on any atom is 0.359 e. The zero-order valence-electron chi connectivity index (χ0n) is 14.6. The molecule has 0 aromatic rings. The minimum absolute atomic E-state index is 0.0506. The van der Waals surface area contributed by atoms with Gasteiger partial charge in [-0.05, 0) is 31.4 Å². The van der Waals surface area contributed by atoms with E-state index in [1.807, 2.05) is 6.92 Å². The van der Waals surface area contributed by atoms with Crippen LogP contribution < -0.4 is 5.32 Å².